The molecule has 5 nitrogen and oxygen atoms in total. The molecule has 5 heteroatoms. The van der Waals surface area contributed by atoms with Gasteiger partial charge in [-0.3, -0.25) is 4.90 Å². The van der Waals surface area contributed by atoms with Gasteiger partial charge in [-0.05, 0) is 24.9 Å². The van der Waals surface area contributed by atoms with Crippen LogP contribution in [0.5, 0.6) is 0 Å². The van der Waals surface area contributed by atoms with Crippen molar-refractivity contribution in [3.8, 4) is 0 Å². The second-order valence-electron chi connectivity index (χ2n) is 6.83. The van der Waals surface area contributed by atoms with Crippen molar-refractivity contribution >= 4 is 0 Å². The first kappa shape index (κ1) is 16.1. The summed E-state index contributed by atoms with van der Waals surface area (Å²) in [5.74, 6) is 2.41. The number of aromatic nitrogens is 3. The average Bonchev–Trinajstić information content (AvgIpc) is 3.25. The standard InChI is InChI=1S/C20H24N4O/c1-16-22-19(15-25-16)14-23-10-5-8-18(13-23)20-21-9-11-24(20)12-17-6-3-2-4-7-17/h2-4,6-7,9,11,15,18H,5,8,10,12-14H2,1H3. The molecule has 0 amide bonds. The van der Waals surface area contributed by atoms with E-state index in [9.17, 15) is 0 Å². The van der Waals surface area contributed by atoms with Crippen LogP contribution in [0.4, 0.5) is 0 Å². The number of hydrogen-bond donors (Lipinski definition) is 0. The fraction of sp³-hybridized carbons (Fsp3) is 0.400. The predicted octanol–water partition coefficient (Wildman–Crippen LogP) is 3.61. The Morgan fingerprint density at radius 3 is 2.88 bits per heavy atom. The number of aryl methyl sites for hydroxylation is 1. The molecule has 2 aromatic heterocycles. The smallest absolute Gasteiger partial charge is 0.191 e. The number of nitrogens with zero attached hydrogens (tertiary/aromatic N) is 4. The molecular weight excluding hydrogens is 312 g/mol. The maximum atomic E-state index is 5.34. The number of oxazole rings is 1. The summed E-state index contributed by atoms with van der Waals surface area (Å²) in [7, 11) is 0. The quantitative estimate of drug-likeness (QED) is 0.714. The third-order valence-corrected chi connectivity index (χ3v) is 4.87. The monoisotopic (exact) mass is 336 g/mol. The molecule has 1 saturated heterocycles. The number of hydrogen-bond acceptors (Lipinski definition) is 4. The number of likely N-dealkylation sites (tertiary alicyclic amines) is 1. The lowest BCUT2D eigenvalue weighted by molar-refractivity contribution is 0.193. The SMILES string of the molecule is Cc1nc(CN2CCCC(c3nccn3Cc3ccccc3)C2)co1. The Kier molecular flexibility index (Phi) is 4.65. The summed E-state index contributed by atoms with van der Waals surface area (Å²) in [6.45, 7) is 5.77. The molecule has 0 N–H and O–H groups in total. The van der Waals surface area contributed by atoms with E-state index < -0.39 is 0 Å². The molecule has 0 radical (unpaired) electrons. The Balaban J connectivity index is 1.45. The van der Waals surface area contributed by atoms with Gasteiger partial charge in [-0.2, -0.15) is 0 Å². The maximum Gasteiger partial charge on any atom is 0.191 e. The highest BCUT2D eigenvalue weighted by atomic mass is 16.3. The Labute approximate surface area is 148 Å². The molecule has 4 rings (SSSR count). The van der Waals surface area contributed by atoms with E-state index in [0.717, 1.165) is 37.8 Å². The van der Waals surface area contributed by atoms with Gasteiger partial charge in [0, 0.05) is 44.9 Å². The molecule has 0 saturated carbocycles. The first-order chi connectivity index (χ1) is 12.3. The van der Waals surface area contributed by atoms with E-state index in [4.69, 9.17) is 4.42 Å². The van der Waals surface area contributed by atoms with Crippen LogP contribution in [0.15, 0.2) is 53.4 Å². The lowest BCUT2D eigenvalue weighted by Gasteiger charge is -2.32. The third kappa shape index (κ3) is 3.82. The van der Waals surface area contributed by atoms with Gasteiger partial charge >= 0.3 is 0 Å². The van der Waals surface area contributed by atoms with Gasteiger partial charge in [0.05, 0.1) is 5.69 Å². The molecule has 3 heterocycles. The normalized spacial score (nSPS) is 18.5. The molecule has 1 fully saturated rings. The predicted molar refractivity (Wildman–Crippen MR) is 96.3 cm³/mol. The molecule has 1 aliphatic heterocycles. The number of piperidine rings is 1. The summed E-state index contributed by atoms with van der Waals surface area (Å²) >= 11 is 0. The van der Waals surface area contributed by atoms with E-state index >= 15 is 0 Å². The van der Waals surface area contributed by atoms with Crippen LogP contribution in [-0.4, -0.2) is 32.5 Å². The van der Waals surface area contributed by atoms with Crippen LogP contribution in [0.3, 0.4) is 0 Å². The Morgan fingerprint density at radius 1 is 1.20 bits per heavy atom. The molecule has 3 aromatic rings. The van der Waals surface area contributed by atoms with E-state index in [1.165, 1.54) is 24.2 Å². The van der Waals surface area contributed by atoms with E-state index in [1.54, 1.807) is 6.26 Å². The molecule has 0 spiro atoms. The van der Waals surface area contributed by atoms with Gasteiger partial charge in [0.15, 0.2) is 5.89 Å². The topological polar surface area (TPSA) is 47.1 Å². The van der Waals surface area contributed by atoms with Gasteiger partial charge in [0.25, 0.3) is 0 Å². The highest BCUT2D eigenvalue weighted by Gasteiger charge is 2.25. The van der Waals surface area contributed by atoms with Crippen LogP contribution in [-0.2, 0) is 13.1 Å². The van der Waals surface area contributed by atoms with Crippen molar-refractivity contribution < 1.29 is 4.42 Å². The molecule has 1 atom stereocenters. The first-order valence-electron chi connectivity index (χ1n) is 8.96. The fourth-order valence-corrected chi connectivity index (χ4v) is 3.71. The van der Waals surface area contributed by atoms with Crippen molar-refractivity contribution in [3.63, 3.8) is 0 Å². The second-order valence-corrected chi connectivity index (χ2v) is 6.83. The van der Waals surface area contributed by atoms with Gasteiger partial charge in [-0.15, -0.1) is 0 Å². The van der Waals surface area contributed by atoms with Crippen molar-refractivity contribution in [2.45, 2.75) is 38.8 Å². The van der Waals surface area contributed by atoms with Gasteiger partial charge in [-0.1, -0.05) is 30.3 Å². The Morgan fingerprint density at radius 2 is 2.08 bits per heavy atom. The van der Waals surface area contributed by atoms with Crippen LogP contribution < -0.4 is 0 Å². The fourth-order valence-electron chi connectivity index (χ4n) is 3.71. The maximum absolute atomic E-state index is 5.34. The molecule has 25 heavy (non-hydrogen) atoms. The van der Waals surface area contributed by atoms with Crippen molar-refractivity contribution in [2.75, 3.05) is 13.1 Å². The number of rotatable bonds is 5. The van der Waals surface area contributed by atoms with Crippen molar-refractivity contribution in [1.29, 1.82) is 0 Å². The summed E-state index contributed by atoms with van der Waals surface area (Å²) in [5.41, 5.74) is 2.33. The molecule has 0 bridgehead atoms. The number of benzene rings is 1. The van der Waals surface area contributed by atoms with Gasteiger partial charge in [0.1, 0.15) is 12.1 Å². The van der Waals surface area contributed by atoms with Crippen LogP contribution in [0.1, 0.15) is 41.7 Å². The first-order valence-corrected chi connectivity index (χ1v) is 8.96. The third-order valence-electron chi connectivity index (χ3n) is 4.87. The summed E-state index contributed by atoms with van der Waals surface area (Å²) in [5, 5.41) is 0. The van der Waals surface area contributed by atoms with Crippen LogP contribution in [0, 0.1) is 6.92 Å². The molecule has 130 valence electrons. The zero-order chi connectivity index (χ0) is 17.1. The molecule has 0 aliphatic carbocycles. The van der Waals surface area contributed by atoms with E-state index in [0.29, 0.717) is 5.92 Å². The molecule has 1 aliphatic rings. The highest BCUT2D eigenvalue weighted by Crippen LogP contribution is 2.27. The second kappa shape index (κ2) is 7.23. The van der Waals surface area contributed by atoms with Gasteiger partial charge in [-0.25, -0.2) is 9.97 Å². The minimum Gasteiger partial charge on any atom is -0.449 e. The minimum atomic E-state index is 0.473. The molecular formula is C20H24N4O. The van der Waals surface area contributed by atoms with Crippen molar-refractivity contribution in [1.82, 2.24) is 19.4 Å². The van der Waals surface area contributed by atoms with E-state index in [-0.39, 0.29) is 0 Å². The van der Waals surface area contributed by atoms with Crippen LogP contribution in [0.2, 0.25) is 0 Å². The van der Waals surface area contributed by atoms with Crippen LogP contribution in [0.25, 0.3) is 0 Å². The molecule has 1 unspecified atom stereocenters. The van der Waals surface area contributed by atoms with Crippen LogP contribution >= 0.6 is 0 Å². The average molecular weight is 336 g/mol. The highest BCUT2D eigenvalue weighted by molar-refractivity contribution is 5.16. The van der Waals surface area contributed by atoms with E-state index in [2.05, 4.69) is 56.0 Å². The number of imidazole rings is 1. The Bertz CT molecular complexity index is 808. The zero-order valence-corrected chi connectivity index (χ0v) is 14.6. The van der Waals surface area contributed by atoms with Crippen molar-refractivity contribution in [2.24, 2.45) is 0 Å². The zero-order valence-electron chi connectivity index (χ0n) is 14.6. The summed E-state index contributed by atoms with van der Waals surface area (Å²) in [4.78, 5) is 11.6. The summed E-state index contributed by atoms with van der Waals surface area (Å²) < 4.78 is 7.63. The van der Waals surface area contributed by atoms with Gasteiger partial charge < -0.3 is 8.98 Å². The lowest BCUT2D eigenvalue weighted by Crippen LogP contribution is -2.35. The molecule has 1 aromatic carbocycles. The van der Waals surface area contributed by atoms with E-state index in [1.807, 2.05) is 13.1 Å². The van der Waals surface area contributed by atoms with Crippen molar-refractivity contribution in [3.05, 3.63) is 72.0 Å². The summed E-state index contributed by atoms with van der Waals surface area (Å²) in [6, 6.07) is 10.6. The Hall–Kier alpha value is -2.40. The van der Waals surface area contributed by atoms with Gasteiger partial charge in [0.2, 0.25) is 0 Å². The minimum absolute atomic E-state index is 0.473. The summed E-state index contributed by atoms with van der Waals surface area (Å²) in [6.07, 6.45) is 8.19. The largest absolute Gasteiger partial charge is 0.449 e. The lowest BCUT2D eigenvalue weighted by atomic mass is 9.97.